The van der Waals surface area contributed by atoms with Crippen molar-refractivity contribution in [2.24, 2.45) is 0 Å². The summed E-state index contributed by atoms with van der Waals surface area (Å²) in [6.45, 7) is 7.81. The van der Waals surface area contributed by atoms with Crippen LogP contribution in [0.25, 0.3) is 0 Å². The van der Waals surface area contributed by atoms with E-state index < -0.39 is 18.3 Å². The molecular formula is C15H27N7O6. The van der Waals surface area contributed by atoms with E-state index in [-0.39, 0.29) is 6.15 Å². The van der Waals surface area contributed by atoms with E-state index in [0.29, 0.717) is 39.3 Å². The molecule has 0 aromatic heterocycles. The van der Waals surface area contributed by atoms with Gasteiger partial charge >= 0.3 is 6.15 Å². The number of carboxylic acid groups (broad SMARTS) is 3. The summed E-state index contributed by atoms with van der Waals surface area (Å²) in [4.78, 5) is 34.3. The van der Waals surface area contributed by atoms with E-state index in [0.717, 1.165) is 39.3 Å². The predicted octanol–water partition coefficient (Wildman–Crippen LogP) is -5.78. The molecule has 2 radical (unpaired) electrons. The van der Waals surface area contributed by atoms with Crippen molar-refractivity contribution in [1.82, 2.24) is 36.8 Å². The monoisotopic (exact) mass is 401 g/mol. The smallest absolute Gasteiger partial charge is 0.530 e. The van der Waals surface area contributed by atoms with Gasteiger partial charge in [-0.25, -0.2) is 0 Å². The predicted molar refractivity (Wildman–Crippen MR) is 91.7 cm³/mol. The minimum Gasteiger partial charge on any atom is -0.530 e. The minimum atomic E-state index is -1.06. The van der Waals surface area contributed by atoms with Crippen LogP contribution in [0.15, 0.2) is 0 Å². The Kier molecular flexibility index (Phi) is 13.1. The number of nitrogens with one attached hydrogen (secondary N) is 3. The second kappa shape index (κ2) is 14.5. The van der Waals surface area contributed by atoms with Crippen molar-refractivity contribution in [2.45, 2.75) is 0 Å². The number of hydrogen-bond acceptors (Lipinski definition) is 9. The summed E-state index contributed by atoms with van der Waals surface area (Å²) < 4.78 is 0. The lowest BCUT2D eigenvalue weighted by atomic mass is 10.4. The van der Waals surface area contributed by atoms with Crippen molar-refractivity contribution in [1.29, 1.82) is 0 Å². The lowest BCUT2D eigenvalue weighted by molar-refractivity contribution is -0.267. The Balaban J connectivity index is 0.000000384. The summed E-state index contributed by atoms with van der Waals surface area (Å²) in [7, 11) is 0. The van der Waals surface area contributed by atoms with Crippen LogP contribution in [0.1, 0.15) is 0 Å². The van der Waals surface area contributed by atoms with E-state index in [1.807, 2.05) is 0 Å². The standard InChI is InChI=1S/3C5H10N2O2.N/c3*8-5(9)7-3-1-6-2-4-7;/h3*6H,1-4H2,(H,8,9);/q;;;+3/p-3. The van der Waals surface area contributed by atoms with Gasteiger partial charge in [0, 0.05) is 78.5 Å². The van der Waals surface area contributed by atoms with Gasteiger partial charge in [0.15, 0.2) is 0 Å². The van der Waals surface area contributed by atoms with E-state index in [1.54, 1.807) is 0 Å². The van der Waals surface area contributed by atoms with Crippen molar-refractivity contribution >= 4 is 18.3 Å². The first-order valence-electron chi connectivity index (χ1n) is 8.91. The van der Waals surface area contributed by atoms with Gasteiger partial charge in [0.05, 0.1) is 0 Å². The zero-order valence-corrected chi connectivity index (χ0v) is 15.7. The lowest BCUT2D eigenvalue weighted by Crippen LogP contribution is -2.51. The van der Waals surface area contributed by atoms with Crippen LogP contribution < -0.4 is 37.4 Å². The number of carbonyl (C=O) groups excluding carboxylic acids is 3. The maximum atomic E-state index is 10.1. The summed E-state index contributed by atoms with van der Waals surface area (Å²) >= 11 is 0. The van der Waals surface area contributed by atoms with Gasteiger partial charge in [-0.1, -0.05) is 0 Å². The molecule has 3 amide bonds. The third-order valence-corrected chi connectivity index (χ3v) is 4.13. The van der Waals surface area contributed by atoms with Gasteiger partial charge in [-0.2, -0.15) is 0 Å². The van der Waals surface area contributed by atoms with Gasteiger partial charge in [-0.15, -0.1) is 0 Å². The summed E-state index contributed by atoms with van der Waals surface area (Å²) in [6.07, 6.45) is -3.18. The molecule has 0 atom stereocenters. The minimum absolute atomic E-state index is 0. The number of rotatable bonds is 0. The highest BCUT2D eigenvalue weighted by Crippen LogP contribution is 1.90. The van der Waals surface area contributed by atoms with Crippen LogP contribution in [-0.2, 0) is 0 Å². The van der Waals surface area contributed by atoms with E-state index in [2.05, 4.69) is 16.0 Å². The van der Waals surface area contributed by atoms with Gasteiger partial charge in [0.1, 0.15) is 18.3 Å². The molecule has 3 fully saturated rings. The molecule has 28 heavy (non-hydrogen) atoms. The number of amides is 3. The van der Waals surface area contributed by atoms with Gasteiger partial charge in [0.2, 0.25) is 0 Å². The molecule has 3 aliphatic rings. The average molecular weight is 401 g/mol. The molecular weight excluding hydrogens is 374 g/mol. The molecule has 3 heterocycles. The van der Waals surface area contributed by atoms with Crippen molar-refractivity contribution in [3.05, 3.63) is 0 Å². The zero-order valence-electron chi connectivity index (χ0n) is 15.7. The van der Waals surface area contributed by atoms with Crippen molar-refractivity contribution in [2.75, 3.05) is 78.5 Å². The first-order valence-corrected chi connectivity index (χ1v) is 8.91. The normalized spacial score (nSPS) is 19.1. The first kappa shape index (κ1) is 25.4. The quantitative estimate of drug-likeness (QED) is 0.354. The third-order valence-electron chi connectivity index (χ3n) is 4.13. The van der Waals surface area contributed by atoms with Crippen LogP contribution in [0.5, 0.6) is 0 Å². The molecule has 0 aliphatic carbocycles. The Morgan fingerprint density at radius 2 is 0.679 bits per heavy atom. The number of hydrogen-bond donors (Lipinski definition) is 3. The van der Waals surface area contributed by atoms with E-state index in [1.165, 1.54) is 14.7 Å². The topological polar surface area (TPSA) is 197 Å². The fourth-order valence-corrected chi connectivity index (χ4v) is 2.54. The zero-order chi connectivity index (χ0) is 20.1. The van der Waals surface area contributed by atoms with Crippen LogP contribution in [0.3, 0.4) is 0 Å². The Morgan fingerprint density at radius 3 is 0.786 bits per heavy atom. The summed E-state index contributed by atoms with van der Waals surface area (Å²) in [5.41, 5.74) is 0. The largest absolute Gasteiger partial charge is 3.00 e. The maximum Gasteiger partial charge on any atom is 3.00 e. The highest BCUT2D eigenvalue weighted by molar-refractivity contribution is 5.63. The van der Waals surface area contributed by atoms with Crippen molar-refractivity contribution in [3.63, 3.8) is 0 Å². The molecule has 0 unspecified atom stereocenters. The first-order chi connectivity index (χ1) is 12.9. The molecule has 0 bridgehead atoms. The highest BCUT2D eigenvalue weighted by Gasteiger charge is 3.00. The molecule has 0 aromatic carbocycles. The molecule has 13 nitrogen and oxygen atoms in total. The highest BCUT2D eigenvalue weighted by atomic mass is 16.4. The van der Waals surface area contributed by atoms with Gasteiger partial charge in [-0.3, -0.25) is 0 Å². The van der Waals surface area contributed by atoms with E-state index >= 15 is 0 Å². The van der Waals surface area contributed by atoms with Gasteiger partial charge in [0.25, 0.3) is 0 Å². The SMILES string of the molecule is O=C([O-])N1CCNCC1.O=C([O-])N1CCNCC1.O=C([O-])N1CCNCC1.[N+3]. The number of nitrogens with zero attached hydrogens (tertiary/aromatic N) is 4. The van der Waals surface area contributed by atoms with E-state index in [9.17, 15) is 29.7 Å². The van der Waals surface area contributed by atoms with Gasteiger partial charge < -0.3 is 60.4 Å². The second-order valence-electron chi connectivity index (χ2n) is 6.01. The Hall–Kier alpha value is -2.60. The molecule has 158 valence electrons. The van der Waals surface area contributed by atoms with Gasteiger partial charge in [-0.05, 0) is 0 Å². The Labute approximate surface area is 164 Å². The fraction of sp³-hybridized carbons (Fsp3) is 0.800. The molecule has 0 saturated carbocycles. The van der Waals surface area contributed by atoms with Crippen LogP contribution in [0.2, 0.25) is 0 Å². The Morgan fingerprint density at radius 1 is 0.500 bits per heavy atom. The molecule has 0 spiro atoms. The van der Waals surface area contributed by atoms with Crippen LogP contribution in [0, 0.1) is 0 Å². The second-order valence-corrected chi connectivity index (χ2v) is 6.01. The third kappa shape index (κ3) is 10.5. The Bertz CT molecular complexity index is 397. The van der Waals surface area contributed by atoms with Crippen molar-refractivity contribution < 1.29 is 29.7 Å². The summed E-state index contributed by atoms with van der Waals surface area (Å²) in [5, 5.41) is 39.5. The molecule has 3 saturated heterocycles. The summed E-state index contributed by atoms with van der Waals surface area (Å²) in [6, 6.07) is 0. The number of piperazine rings is 3. The molecule has 13 heteroatoms. The number of carbonyl (C=O) groups is 3. The molecule has 3 aliphatic heterocycles. The van der Waals surface area contributed by atoms with Crippen LogP contribution >= 0.6 is 0 Å². The molecule has 3 rings (SSSR count). The van der Waals surface area contributed by atoms with Crippen LogP contribution in [0.4, 0.5) is 14.4 Å². The maximum absolute atomic E-state index is 10.1. The van der Waals surface area contributed by atoms with Crippen molar-refractivity contribution in [3.8, 4) is 0 Å². The average Bonchev–Trinajstić information content (AvgIpc) is 2.71. The molecule has 3 N–H and O–H groups in total. The fourth-order valence-electron chi connectivity index (χ4n) is 2.54. The lowest BCUT2D eigenvalue weighted by Gasteiger charge is -2.29. The molecule has 0 aromatic rings. The van der Waals surface area contributed by atoms with E-state index in [4.69, 9.17) is 0 Å². The van der Waals surface area contributed by atoms with Crippen LogP contribution in [-0.4, -0.2) is 112 Å². The summed E-state index contributed by atoms with van der Waals surface area (Å²) in [5.74, 6) is 0.